The first-order valence-corrected chi connectivity index (χ1v) is 4.36. The Kier molecular flexibility index (Phi) is 3.74. The number of hydrogen-bond acceptors (Lipinski definition) is 3. The highest BCUT2D eigenvalue weighted by Gasteiger charge is 2.27. The van der Waals surface area contributed by atoms with Gasteiger partial charge in [0, 0.05) is 19.5 Å². The van der Waals surface area contributed by atoms with Crippen molar-refractivity contribution in [1.29, 1.82) is 0 Å². The summed E-state index contributed by atoms with van der Waals surface area (Å²) in [7, 11) is 0. The standard InChI is InChI=1S/C9H14N2O2/c1-2-3-4-10-9(13)8-5-7(12)6-11-8/h1,7-8,11-12H,3-6H2,(H,10,13). The number of nitrogens with one attached hydrogen (secondary N) is 2. The summed E-state index contributed by atoms with van der Waals surface area (Å²) >= 11 is 0. The largest absolute Gasteiger partial charge is 0.392 e. The third-order valence-corrected chi connectivity index (χ3v) is 1.99. The molecule has 1 saturated heterocycles. The SMILES string of the molecule is C#CCCNC(=O)C1CC(O)CN1. The molecule has 3 N–H and O–H groups in total. The minimum atomic E-state index is -0.400. The van der Waals surface area contributed by atoms with Crippen molar-refractivity contribution < 1.29 is 9.90 Å². The summed E-state index contributed by atoms with van der Waals surface area (Å²) in [5.74, 6) is 2.36. The average Bonchev–Trinajstić information content (AvgIpc) is 2.52. The number of aliphatic hydroxyl groups excluding tert-OH is 1. The molecular weight excluding hydrogens is 168 g/mol. The molecule has 4 heteroatoms. The fraction of sp³-hybridized carbons (Fsp3) is 0.667. The molecule has 1 heterocycles. The van der Waals surface area contributed by atoms with Gasteiger partial charge in [-0.15, -0.1) is 12.3 Å². The highest BCUT2D eigenvalue weighted by molar-refractivity contribution is 5.82. The molecule has 72 valence electrons. The second-order valence-corrected chi connectivity index (χ2v) is 3.10. The van der Waals surface area contributed by atoms with Crippen LogP contribution in [0.4, 0.5) is 0 Å². The Morgan fingerprint density at radius 3 is 3.08 bits per heavy atom. The van der Waals surface area contributed by atoms with E-state index in [-0.39, 0.29) is 11.9 Å². The third-order valence-electron chi connectivity index (χ3n) is 1.99. The van der Waals surface area contributed by atoms with E-state index in [0.717, 1.165) is 0 Å². The van der Waals surface area contributed by atoms with Crippen LogP contribution in [0.5, 0.6) is 0 Å². The zero-order chi connectivity index (χ0) is 9.68. The molecule has 0 aromatic rings. The molecule has 2 unspecified atom stereocenters. The summed E-state index contributed by atoms with van der Waals surface area (Å²) < 4.78 is 0. The minimum absolute atomic E-state index is 0.0770. The number of terminal acetylenes is 1. The molecule has 0 spiro atoms. The molecule has 0 radical (unpaired) electrons. The van der Waals surface area contributed by atoms with E-state index >= 15 is 0 Å². The molecule has 1 aliphatic heterocycles. The van der Waals surface area contributed by atoms with Crippen molar-refractivity contribution in [2.24, 2.45) is 0 Å². The number of hydrogen-bond donors (Lipinski definition) is 3. The van der Waals surface area contributed by atoms with E-state index in [4.69, 9.17) is 11.5 Å². The number of amides is 1. The van der Waals surface area contributed by atoms with E-state index in [1.807, 2.05) is 0 Å². The highest BCUT2D eigenvalue weighted by atomic mass is 16.3. The lowest BCUT2D eigenvalue weighted by Crippen LogP contribution is -2.40. The van der Waals surface area contributed by atoms with Gasteiger partial charge in [0.2, 0.25) is 5.91 Å². The van der Waals surface area contributed by atoms with Gasteiger partial charge in [-0.05, 0) is 6.42 Å². The van der Waals surface area contributed by atoms with Crippen LogP contribution in [0.3, 0.4) is 0 Å². The predicted octanol–water partition coefficient (Wildman–Crippen LogP) is -1.15. The van der Waals surface area contributed by atoms with Crippen LogP contribution in [0, 0.1) is 12.3 Å². The summed E-state index contributed by atoms with van der Waals surface area (Å²) in [4.78, 5) is 11.3. The number of carbonyl (C=O) groups is 1. The van der Waals surface area contributed by atoms with Crippen molar-refractivity contribution in [1.82, 2.24) is 10.6 Å². The number of β-amino-alcohol motifs (C(OH)–C–C–N with tert-alkyl or cyclic N) is 1. The zero-order valence-corrected chi connectivity index (χ0v) is 7.42. The van der Waals surface area contributed by atoms with Gasteiger partial charge in [0.05, 0.1) is 12.1 Å². The Balaban J connectivity index is 2.21. The van der Waals surface area contributed by atoms with Gasteiger partial charge in [-0.3, -0.25) is 4.79 Å². The van der Waals surface area contributed by atoms with Crippen molar-refractivity contribution in [2.45, 2.75) is 25.0 Å². The van der Waals surface area contributed by atoms with Gasteiger partial charge in [-0.1, -0.05) is 0 Å². The molecule has 2 atom stereocenters. The molecule has 1 rings (SSSR count). The maximum atomic E-state index is 11.3. The number of rotatable bonds is 3. The summed E-state index contributed by atoms with van der Waals surface area (Å²) in [6, 6.07) is -0.257. The predicted molar refractivity (Wildman–Crippen MR) is 48.9 cm³/mol. The van der Waals surface area contributed by atoms with Crippen molar-refractivity contribution in [3.8, 4) is 12.3 Å². The molecule has 1 aliphatic rings. The van der Waals surface area contributed by atoms with Crippen LogP contribution in [0.1, 0.15) is 12.8 Å². The zero-order valence-electron chi connectivity index (χ0n) is 7.42. The van der Waals surface area contributed by atoms with Gasteiger partial charge in [0.25, 0.3) is 0 Å². The molecular formula is C9H14N2O2. The molecule has 0 aromatic carbocycles. The van der Waals surface area contributed by atoms with E-state index in [1.165, 1.54) is 0 Å². The first-order chi connectivity index (χ1) is 6.24. The quantitative estimate of drug-likeness (QED) is 0.381. The molecule has 0 aliphatic carbocycles. The molecule has 13 heavy (non-hydrogen) atoms. The smallest absolute Gasteiger partial charge is 0.237 e. The molecule has 0 bridgehead atoms. The average molecular weight is 182 g/mol. The Labute approximate surface area is 77.7 Å². The summed E-state index contributed by atoms with van der Waals surface area (Å²) in [6.07, 6.45) is 5.66. The van der Waals surface area contributed by atoms with E-state index in [1.54, 1.807) is 0 Å². The van der Waals surface area contributed by atoms with Crippen molar-refractivity contribution in [3.63, 3.8) is 0 Å². The topological polar surface area (TPSA) is 61.4 Å². The fourth-order valence-electron chi connectivity index (χ4n) is 1.30. The first-order valence-electron chi connectivity index (χ1n) is 4.36. The van der Waals surface area contributed by atoms with Crippen LogP contribution in [0.25, 0.3) is 0 Å². The second-order valence-electron chi connectivity index (χ2n) is 3.10. The molecule has 1 amide bonds. The van der Waals surface area contributed by atoms with E-state index in [9.17, 15) is 4.79 Å². The van der Waals surface area contributed by atoms with Gasteiger partial charge in [-0.2, -0.15) is 0 Å². The lowest BCUT2D eigenvalue weighted by Gasteiger charge is -2.09. The summed E-state index contributed by atoms with van der Waals surface area (Å²) in [6.45, 7) is 0.997. The van der Waals surface area contributed by atoms with E-state index < -0.39 is 6.10 Å². The van der Waals surface area contributed by atoms with Gasteiger partial charge in [-0.25, -0.2) is 0 Å². The van der Waals surface area contributed by atoms with Gasteiger partial charge >= 0.3 is 0 Å². The first kappa shape index (κ1) is 10.0. The van der Waals surface area contributed by atoms with Crippen LogP contribution >= 0.6 is 0 Å². The van der Waals surface area contributed by atoms with Gasteiger partial charge in [0.15, 0.2) is 0 Å². The summed E-state index contributed by atoms with van der Waals surface area (Å²) in [5, 5.41) is 14.8. The summed E-state index contributed by atoms with van der Waals surface area (Å²) in [5.41, 5.74) is 0. The van der Waals surface area contributed by atoms with Crippen LogP contribution in [0.2, 0.25) is 0 Å². The monoisotopic (exact) mass is 182 g/mol. The Bertz CT molecular complexity index is 222. The Morgan fingerprint density at radius 2 is 2.54 bits per heavy atom. The van der Waals surface area contributed by atoms with Crippen LogP contribution in [0.15, 0.2) is 0 Å². The van der Waals surface area contributed by atoms with E-state index in [2.05, 4.69) is 16.6 Å². The maximum absolute atomic E-state index is 11.3. The minimum Gasteiger partial charge on any atom is -0.392 e. The highest BCUT2D eigenvalue weighted by Crippen LogP contribution is 2.05. The second kappa shape index (κ2) is 4.85. The molecule has 0 saturated carbocycles. The Hall–Kier alpha value is -1.05. The number of carbonyl (C=O) groups excluding carboxylic acids is 1. The van der Waals surface area contributed by atoms with Crippen LogP contribution < -0.4 is 10.6 Å². The van der Waals surface area contributed by atoms with Crippen molar-refractivity contribution in [2.75, 3.05) is 13.1 Å². The fourth-order valence-corrected chi connectivity index (χ4v) is 1.30. The van der Waals surface area contributed by atoms with Crippen LogP contribution in [-0.4, -0.2) is 36.2 Å². The lowest BCUT2D eigenvalue weighted by molar-refractivity contribution is -0.122. The molecule has 1 fully saturated rings. The van der Waals surface area contributed by atoms with Crippen LogP contribution in [-0.2, 0) is 4.79 Å². The van der Waals surface area contributed by atoms with E-state index in [0.29, 0.717) is 25.9 Å². The van der Waals surface area contributed by atoms with Crippen molar-refractivity contribution in [3.05, 3.63) is 0 Å². The van der Waals surface area contributed by atoms with Crippen molar-refractivity contribution >= 4 is 5.91 Å². The normalized spacial score (nSPS) is 26.8. The van der Waals surface area contributed by atoms with Gasteiger partial charge < -0.3 is 15.7 Å². The lowest BCUT2D eigenvalue weighted by atomic mass is 10.2. The van der Waals surface area contributed by atoms with Gasteiger partial charge in [0.1, 0.15) is 0 Å². The third kappa shape index (κ3) is 3.05. The number of aliphatic hydroxyl groups is 1. The Morgan fingerprint density at radius 1 is 1.77 bits per heavy atom. The maximum Gasteiger partial charge on any atom is 0.237 e. The molecule has 4 nitrogen and oxygen atoms in total. The molecule has 0 aromatic heterocycles.